The van der Waals surface area contributed by atoms with Crippen molar-refractivity contribution in [3.63, 3.8) is 0 Å². The minimum atomic E-state index is -0.0113. The van der Waals surface area contributed by atoms with Crippen LogP contribution in [0.3, 0.4) is 0 Å². The van der Waals surface area contributed by atoms with Crippen molar-refractivity contribution in [1.29, 1.82) is 0 Å². The molecule has 0 atom stereocenters. The van der Waals surface area contributed by atoms with Crippen LogP contribution < -0.4 is 10.6 Å². The number of carbonyl (C=O) groups excluding carboxylic acids is 2. The molecule has 0 radical (unpaired) electrons. The fourth-order valence-electron chi connectivity index (χ4n) is 3.25. The summed E-state index contributed by atoms with van der Waals surface area (Å²) >= 11 is 0. The summed E-state index contributed by atoms with van der Waals surface area (Å²) in [6.45, 7) is 3.88. The molecule has 0 aromatic heterocycles. The molecule has 3 rings (SSSR count). The lowest BCUT2D eigenvalue weighted by Gasteiger charge is -2.30. The van der Waals surface area contributed by atoms with Crippen molar-refractivity contribution in [1.82, 2.24) is 4.90 Å². The molecule has 0 bridgehead atoms. The average Bonchev–Trinajstić information content (AvgIpc) is 2.63. The zero-order valence-electron chi connectivity index (χ0n) is 15.1. The third kappa shape index (κ3) is 5.17. The second-order valence-corrected chi connectivity index (χ2v) is 6.82. The van der Waals surface area contributed by atoms with Crippen molar-refractivity contribution in [2.24, 2.45) is 5.92 Å². The van der Waals surface area contributed by atoms with Crippen molar-refractivity contribution < 1.29 is 9.59 Å². The van der Waals surface area contributed by atoms with Crippen molar-refractivity contribution in [2.45, 2.75) is 19.8 Å². The summed E-state index contributed by atoms with van der Waals surface area (Å²) in [5.41, 5.74) is 2.78. The van der Waals surface area contributed by atoms with Gasteiger partial charge in [0.25, 0.3) is 0 Å². The third-order valence-electron chi connectivity index (χ3n) is 4.67. The Kier molecular flexibility index (Phi) is 6.02. The number of amides is 2. The van der Waals surface area contributed by atoms with Gasteiger partial charge in [0, 0.05) is 17.3 Å². The molecule has 0 saturated carbocycles. The molecule has 26 heavy (non-hydrogen) atoms. The normalized spacial score (nSPS) is 15.4. The molecular weight excluding hydrogens is 326 g/mol. The molecule has 0 unspecified atom stereocenters. The molecule has 5 nitrogen and oxygen atoms in total. The molecule has 5 heteroatoms. The van der Waals surface area contributed by atoms with E-state index in [1.165, 1.54) is 0 Å². The fourth-order valence-corrected chi connectivity index (χ4v) is 3.25. The van der Waals surface area contributed by atoms with Crippen LogP contribution >= 0.6 is 0 Å². The number of likely N-dealkylation sites (tertiary alicyclic amines) is 1. The Morgan fingerprint density at radius 2 is 1.65 bits per heavy atom. The Morgan fingerprint density at radius 1 is 0.962 bits per heavy atom. The number of para-hydroxylation sites is 1. The summed E-state index contributed by atoms with van der Waals surface area (Å²) in [6.07, 6.45) is 1.55. The van der Waals surface area contributed by atoms with Crippen LogP contribution in [-0.4, -0.2) is 36.3 Å². The van der Waals surface area contributed by atoms with Gasteiger partial charge in [0.15, 0.2) is 0 Å². The van der Waals surface area contributed by atoms with E-state index in [0.717, 1.165) is 42.9 Å². The second-order valence-electron chi connectivity index (χ2n) is 6.82. The Balaban J connectivity index is 1.43. The van der Waals surface area contributed by atoms with Gasteiger partial charge in [0.05, 0.1) is 6.54 Å². The Bertz CT molecular complexity index is 753. The number of nitrogens with one attached hydrogen (secondary N) is 2. The molecule has 2 aromatic rings. The largest absolute Gasteiger partial charge is 0.326 e. The van der Waals surface area contributed by atoms with Gasteiger partial charge in [0.1, 0.15) is 0 Å². The standard InChI is InChI=1S/C21H25N3O2/c1-16-6-5-9-19(14-16)22-20(25)15-24-12-10-17(11-13-24)21(26)23-18-7-3-2-4-8-18/h2-9,14,17H,10-13,15H2,1H3,(H,22,25)(H,23,26). The molecule has 2 N–H and O–H groups in total. The number of rotatable bonds is 5. The first-order valence-corrected chi connectivity index (χ1v) is 9.05. The van der Waals surface area contributed by atoms with E-state index >= 15 is 0 Å². The number of benzene rings is 2. The van der Waals surface area contributed by atoms with Gasteiger partial charge in [-0.2, -0.15) is 0 Å². The molecule has 136 valence electrons. The van der Waals surface area contributed by atoms with E-state index in [0.29, 0.717) is 6.54 Å². The monoisotopic (exact) mass is 351 g/mol. The number of carbonyl (C=O) groups is 2. The second kappa shape index (κ2) is 8.63. The van der Waals surface area contributed by atoms with Gasteiger partial charge >= 0.3 is 0 Å². The molecule has 1 aliphatic rings. The van der Waals surface area contributed by atoms with E-state index < -0.39 is 0 Å². The van der Waals surface area contributed by atoms with Gasteiger partial charge < -0.3 is 10.6 Å². The maximum Gasteiger partial charge on any atom is 0.238 e. The molecule has 0 spiro atoms. The number of anilines is 2. The fraction of sp³-hybridized carbons (Fsp3) is 0.333. The maximum absolute atomic E-state index is 12.4. The van der Waals surface area contributed by atoms with Gasteiger partial charge in [-0.05, 0) is 62.7 Å². The Hall–Kier alpha value is -2.66. The van der Waals surface area contributed by atoms with Crippen LogP contribution in [0.2, 0.25) is 0 Å². The summed E-state index contributed by atoms with van der Waals surface area (Å²) in [5.74, 6) is 0.0640. The van der Waals surface area contributed by atoms with Gasteiger partial charge in [-0.15, -0.1) is 0 Å². The number of piperidine rings is 1. The number of nitrogens with zero attached hydrogens (tertiary/aromatic N) is 1. The lowest BCUT2D eigenvalue weighted by molar-refractivity contribution is -0.121. The summed E-state index contributed by atoms with van der Waals surface area (Å²) < 4.78 is 0. The van der Waals surface area contributed by atoms with Gasteiger partial charge in [-0.1, -0.05) is 30.3 Å². The molecule has 1 fully saturated rings. The van der Waals surface area contributed by atoms with Crippen molar-refractivity contribution in [2.75, 3.05) is 30.3 Å². The number of hydrogen-bond acceptors (Lipinski definition) is 3. The molecule has 2 aromatic carbocycles. The van der Waals surface area contributed by atoms with Crippen LogP contribution in [0.4, 0.5) is 11.4 Å². The highest BCUT2D eigenvalue weighted by atomic mass is 16.2. The average molecular weight is 351 g/mol. The summed E-state index contributed by atoms with van der Waals surface area (Å²) in [4.78, 5) is 26.7. The lowest BCUT2D eigenvalue weighted by atomic mass is 9.96. The molecule has 1 heterocycles. The van der Waals surface area contributed by atoms with Crippen LogP contribution in [0.1, 0.15) is 18.4 Å². The highest BCUT2D eigenvalue weighted by Gasteiger charge is 2.25. The quantitative estimate of drug-likeness (QED) is 0.869. The van der Waals surface area contributed by atoms with E-state index in [-0.39, 0.29) is 17.7 Å². The van der Waals surface area contributed by atoms with E-state index in [1.807, 2.05) is 61.5 Å². The first kappa shape index (κ1) is 18.1. The Morgan fingerprint density at radius 3 is 2.35 bits per heavy atom. The van der Waals surface area contributed by atoms with Crippen molar-refractivity contribution in [3.8, 4) is 0 Å². The first-order valence-electron chi connectivity index (χ1n) is 9.05. The number of aryl methyl sites for hydroxylation is 1. The lowest BCUT2D eigenvalue weighted by Crippen LogP contribution is -2.41. The predicted octanol–water partition coefficient (Wildman–Crippen LogP) is 3.28. The van der Waals surface area contributed by atoms with Crippen molar-refractivity contribution in [3.05, 3.63) is 60.2 Å². The minimum Gasteiger partial charge on any atom is -0.326 e. The zero-order chi connectivity index (χ0) is 18.4. The van der Waals surface area contributed by atoms with Crippen LogP contribution in [0.25, 0.3) is 0 Å². The molecular formula is C21H25N3O2. The van der Waals surface area contributed by atoms with Crippen molar-refractivity contribution >= 4 is 23.2 Å². The van der Waals surface area contributed by atoms with Crippen LogP contribution in [0.15, 0.2) is 54.6 Å². The van der Waals surface area contributed by atoms with Crippen LogP contribution in [-0.2, 0) is 9.59 Å². The van der Waals surface area contributed by atoms with Crippen LogP contribution in [0.5, 0.6) is 0 Å². The first-order chi connectivity index (χ1) is 12.6. The third-order valence-corrected chi connectivity index (χ3v) is 4.67. The van der Waals surface area contributed by atoms with E-state index in [2.05, 4.69) is 15.5 Å². The molecule has 0 aliphatic carbocycles. The molecule has 2 amide bonds. The molecule has 1 saturated heterocycles. The van der Waals surface area contributed by atoms with E-state index in [9.17, 15) is 9.59 Å². The smallest absolute Gasteiger partial charge is 0.238 e. The minimum absolute atomic E-state index is 0.00582. The summed E-state index contributed by atoms with van der Waals surface area (Å²) in [5, 5.41) is 5.91. The van der Waals surface area contributed by atoms with Gasteiger partial charge in [-0.25, -0.2) is 0 Å². The molecule has 1 aliphatic heterocycles. The SMILES string of the molecule is Cc1cccc(NC(=O)CN2CCC(C(=O)Nc3ccccc3)CC2)c1. The summed E-state index contributed by atoms with van der Waals surface area (Å²) in [6, 6.07) is 17.3. The predicted molar refractivity (Wildman–Crippen MR) is 104 cm³/mol. The maximum atomic E-state index is 12.4. The van der Waals surface area contributed by atoms with E-state index in [1.54, 1.807) is 0 Å². The highest BCUT2D eigenvalue weighted by molar-refractivity contribution is 5.93. The topological polar surface area (TPSA) is 61.4 Å². The highest BCUT2D eigenvalue weighted by Crippen LogP contribution is 2.19. The van der Waals surface area contributed by atoms with E-state index in [4.69, 9.17) is 0 Å². The van der Waals surface area contributed by atoms with Crippen LogP contribution in [0, 0.1) is 12.8 Å². The van der Waals surface area contributed by atoms with Gasteiger partial charge in [-0.3, -0.25) is 14.5 Å². The van der Waals surface area contributed by atoms with Gasteiger partial charge in [0.2, 0.25) is 11.8 Å². The summed E-state index contributed by atoms with van der Waals surface area (Å²) in [7, 11) is 0. The zero-order valence-corrected chi connectivity index (χ0v) is 15.1. The number of hydrogen-bond donors (Lipinski definition) is 2. The Labute approximate surface area is 154 Å².